The normalized spacial score (nSPS) is 11.5. The first-order valence-corrected chi connectivity index (χ1v) is 8.64. The van der Waals surface area contributed by atoms with Crippen LogP contribution in [0.1, 0.15) is 37.5 Å². The Bertz CT molecular complexity index is 765. The van der Waals surface area contributed by atoms with Crippen molar-refractivity contribution in [2.45, 2.75) is 40.0 Å². The van der Waals surface area contributed by atoms with Gasteiger partial charge in [-0.15, -0.1) is 0 Å². The zero-order valence-corrected chi connectivity index (χ0v) is 15.4. The molecule has 0 unspecified atom stereocenters. The second kappa shape index (κ2) is 6.28. The third-order valence-electron chi connectivity index (χ3n) is 4.54. The van der Waals surface area contributed by atoms with Crippen LogP contribution in [0.15, 0.2) is 66.7 Å². The van der Waals surface area contributed by atoms with E-state index in [4.69, 9.17) is 0 Å². The number of aryl methyl sites for hydroxylation is 2. The van der Waals surface area contributed by atoms with E-state index >= 15 is 0 Å². The Morgan fingerprint density at radius 2 is 0.917 bits per heavy atom. The van der Waals surface area contributed by atoms with E-state index in [1.165, 1.54) is 38.9 Å². The second-order valence-electron chi connectivity index (χ2n) is 7.71. The molecule has 0 atom stereocenters. The van der Waals surface area contributed by atoms with Crippen molar-refractivity contribution in [1.82, 2.24) is 0 Å². The molecular weight excluding hydrogens is 288 g/mol. The molecule has 0 heterocycles. The Morgan fingerprint density at radius 3 is 1.25 bits per heavy atom. The van der Waals surface area contributed by atoms with Crippen LogP contribution in [0.2, 0.25) is 0 Å². The smallest absolute Gasteiger partial charge is 0.0120 e. The van der Waals surface area contributed by atoms with Gasteiger partial charge in [-0.1, -0.05) is 98.6 Å². The van der Waals surface area contributed by atoms with Crippen LogP contribution in [0.3, 0.4) is 0 Å². The van der Waals surface area contributed by atoms with Gasteiger partial charge in [-0.2, -0.15) is 0 Å². The minimum absolute atomic E-state index is 0.0711. The molecule has 0 nitrogen and oxygen atoms in total. The Morgan fingerprint density at radius 1 is 0.542 bits per heavy atom. The van der Waals surface area contributed by atoms with Crippen LogP contribution in [-0.2, 0) is 5.41 Å². The molecule has 0 aromatic heterocycles. The topological polar surface area (TPSA) is 0 Å². The van der Waals surface area contributed by atoms with Crippen LogP contribution in [0.5, 0.6) is 0 Å². The lowest BCUT2D eigenvalue weighted by atomic mass is 9.77. The standard InChI is InChI=1S/C24H26/c1-17-9-13-19(14-10-17)21-7-6-8-22(23(21)24(3,4)5)20-15-11-18(2)12-16-20/h6-16H,1-5H3. The third kappa shape index (κ3) is 3.28. The first-order valence-electron chi connectivity index (χ1n) is 8.64. The zero-order valence-electron chi connectivity index (χ0n) is 15.4. The summed E-state index contributed by atoms with van der Waals surface area (Å²) in [6.07, 6.45) is 0. The minimum Gasteiger partial charge on any atom is -0.0610 e. The zero-order chi connectivity index (χ0) is 17.3. The van der Waals surface area contributed by atoms with Gasteiger partial charge >= 0.3 is 0 Å². The van der Waals surface area contributed by atoms with Gasteiger partial charge in [0, 0.05) is 0 Å². The number of rotatable bonds is 2. The lowest BCUT2D eigenvalue weighted by Crippen LogP contribution is -2.14. The fraction of sp³-hybridized carbons (Fsp3) is 0.250. The Labute approximate surface area is 146 Å². The fourth-order valence-electron chi connectivity index (χ4n) is 3.31. The predicted molar refractivity (Wildman–Crippen MR) is 105 cm³/mol. The van der Waals surface area contributed by atoms with E-state index in [0.717, 1.165) is 0 Å². The molecule has 3 rings (SSSR count). The molecule has 0 spiro atoms. The third-order valence-corrected chi connectivity index (χ3v) is 4.54. The van der Waals surface area contributed by atoms with E-state index in [0.29, 0.717) is 0 Å². The summed E-state index contributed by atoms with van der Waals surface area (Å²) in [5.41, 5.74) is 9.33. The fourth-order valence-corrected chi connectivity index (χ4v) is 3.31. The molecule has 0 radical (unpaired) electrons. The predicted octanol–water partition coefficient (Wildman–Crippen LogP) is 6.93. The van der Waals surface area contributed by atoms with Gasteiger partial charge in [-0.05, 0) is 47.1 Å². The SMILES string of the molecule is Cc1ccc(-c2cccc(-c3ccc(C)cc3)c2C(C)(C)C)cc1. The molecule has 0 heteroatoms. The summed E-state index contributed by atoms with van der Waals surface area (Å²) in [5, 5.41) is 0. The van der Waals surface area contributed by atoms with Gasteiger partial charge in [0.15, 0.2) is 0 Å². The van der Waals surface area contributed by atoms with E-state index in [9.17, 15) is 0 Å². The highest BCUT2D eigenvalue weighted by atomic mass is 14.3. The molecule has 0 aliphatic heterocycles. The maximum atomic E-state index is 2.30. The Kier molecular flexibility index (Phi) is 4.32. The highest BCUT2D eigenvalue weighted by molar-refractivity contribution is 5.80. The van der Waals surface area contributed by atoms with Gasteiger partial charge in [0.05, 0.1) is 0 Å². The van der Waals surface area contributed by atoms with E-state index in [1.54, 1.807) is 0 Å². The summed E-state index contributed by atoms with van der Waals surface area (Å²) in [6, 6.07) is 24.4. The van der Waals surface area contributed by atoms with Crippen LogP contribution in [0.4, 0.5) is 0 Å². The average molecular weight is 314 g/mol. The molecule has 0 aliphatic carbocycles. The molecule has 24 heavy (non-hydrogen) atoms. The molecule has 122 valence electrons. The summed E-state index contributed by atoms with van der Waals surface area (Å²) in [6.45, 7) is 11.2. The summed E-state index contributed by atoms with van der Waals surface area (Å²) in [4.78, 5) is 0. The first-order chi connectivity index (χ1) is 11.4. The highest BCUT2D eigenvalue weighted by Gasteiger charge is 2.23. The van der Waals surface area contributed by atoms with Gasteiger partial charge in [0.1, 0.15) is 0 Å². The van der Waals surface area contributed by atoms with Crippen molar-refractivity contribution in [3.63, 3.8) is 0 Å². The van der Waals surface area contributed by atoms with Crippen molar-refractivity contribution >= 4 is 0 Å². The van der Waals surface area contributed by atoms with E-state index in [2.05, 4.69) is 101 Å². The van der Waals surface area contributed by atoms with Crippen molar-refractivity contribution < 1.29 is 0 Å². The van der Waals surface area contributed by atoms with E-state index in [1.807, 2.05) is 0 Å². The van der Waals surface area contributed by atoms with Crippen LogP contribution in [0, 0.1) is 13.8 Å². The lowest BCUT2D eigenvalue weighted by Gasteiger charge is -2.27. The first kappa shape index (κ1) is 16.5. The van der Waals surface area contributed by atoms with Crippen molar-refractivity contribution in [3.05, 3.63) is 83.4 Å². The van der Waals surface area contributed by atoms with Crippen molar-refractivity contribution in [1.29, 1.82) is 0 Å². The van der Waals surface area contributed by atoms with Crippen LogP contribution < -0.4 is 0 Å². The average Bonchev–Trinajstić information content (AvgIpc) is 2.55. The molecule has 0 amide bonds. The van der Waals surface area contributed by atoms with Gasteiger partial charge in [0.25, 0.3) is 0 Å². The summed E-state index contributed by atoms with van der Waals surface area (Å²) in [7, 11) is 0. The van der Waals surface area contributed by atoms with Gasteiger partial charge in [-0.3, -0.25) is 0 Å². The summed E-state index contributed by atoms with van der Waals surface area (Å²) in [5.74, 6) is 0. The molecular formula is C24H26. The molecule has 0 aliphatic rings. The van der Waals surface area contributed by atoms with Crippen LogP contribution >= 0.6 is 0 Å². The monoisotopic (exact) mass is 314 g/mol. The number of benzene rings is 3. The molecule has 0 bridgehead atoms. The lowest BCUT2D eigenvalue weighted by molar-refractivity contribution is 0.593. The molecule has 3 aromatic rings. The number of hydrogen-bond acceptors (Lipinski definition) is 0. The quantitative estimate of drug-likeness (QED) is 0.481. The van der Waals surface area contributed by atoms with Crippen molar-refractivity contribution in [2.24, 2.45) is 0 Å². The molecule has 3 aromatic carbocycles. The number of hydrogen-bond donors (Lipinski definition) is 0. The largest absolute Gasteiger partial charge is 0.0610 e. The van der Waals surface area contributed by atoms with Gasteiger partial charge in [-0.25, -0.2) is 0 Å². The van der Waals surface area contributed by atoms with Crippen LogP contribution in [0.25, 0.3) is 22.3 Å². The van der Waals surface area contributed by atoms with Crippen molar-refractivity contribution in [3.8, 4) is 22.3 Å². The highest BCUT2D eigenvalue weighted by Crippen LogP contribution is 2.40. The molecule has 0 fully saturated rings. The molecule has 0 N–H and O–H groups in total. The molecule has 0 saturated carbocycles. The maximum absolute atomic E-state index is 2.30. The molecule has 0 saturated heterocycles. The Balaban J connectivity index is 2.25. The van der Waals surface area contributed by atoms with E-state index in [-0.39, 0.29) is 5.41 Å². The Hall–Kier alpha value is -2.34. The van der Waals surface area contributed by atoms with Crippen molar-refractivity contribution in [2.75, 3.05) is 0 Å². The maximum Gasteiger partial charge on any atom is -0.0120 e. The van der Waals surface area contributed by atoms with Gasteiger partial charge < -0.3 is 0 Å². The van der Waals surface area contributed by atoms with Crippen LogP contribution in [-0.4, -0.2) is 0 Å². The second-order valence-corrected chi connectivity index (χ2v) is 7.71. The minimum atomic E-state index is 0.0711. The van der Waals surface area contributed by atoms with E-state index < -0.39 is 0 Å². The summed E-state index contributed by atoms with van der Waals surface area (Å²) >= 11 is 0. The summed E-state index contributed by atoms with van der Waals surface area (Å²) < 4.78 is 0. The van der Waals surface area contributed by atoms with Gasteiger partial charge in [0.2, 0.25) is 0 Å².